The largest absolute Gasteiger partial charge is 0.354 e. The Hall–Kier alpha value is -2.72. The average molecular weight is 392 g/mol. The van der Waals surface area contributed by atoms with Crippen molar-refractivity contribution < 1.29 is 14.0 Å². The van der Waals surface area contributed by atoms with Crippen LogP contribution < -0.4 is 5.32 Å². The Morgan fingerprint density at radius 3 is 2.18 bits per heavy atom. The molecule has 0 amide bonds. The molecule has 0 aliphatic heterocycles. The molecule has 0 fully saturated rings. The van der Waals surface area contributed by atoms with Gasteiger partial charge in [-0.1, -0.05) is 54.6 Å². The molecule has 2 atom stereocenters. The maximum atomic E-state index is 13.2. The third-order valence-corrected chi connectivity index (χ3v) is 6.34. The number of pyridine rings is 1. The first-order valence-electron chi connectivity index (χ1n) is 9.15. The first kappa shape index (κ1) is 18.6. The topological polar surface area (TPSA) is 71.5 Å². The molecule has 0 bridgehead atoms. The van der Waals surface area contributed by atoms with E-state index < -0.39 is 13.4 Å². The summed E-state index contributed by atoms with van der Waals surface area (Å²) in [4.78, 5) is 15.1. The summed E-state index contributed by atoms with van der Waals surface area (Å²) in [6.45, 7) is 1.85. The van der Waals surface area contributed by atoms with E-state index in [1.165, 1.54) is 0 Å². The summed E-state index contributed by atoms with van der Waals surface area (Å²) in [5.74, 6) is -0.447. The van der Waals surface area contributed by atoms with Gasteiger partial charge in [0.25, 0.3) is 0 Å². The summed E-state index contributed by atoms with van der Waals surface area (Å²) in [6.07, 6.45) is 1.64. The normalized spacial score (nSPS) is 14.6. The first-order chi connectivity index (χ1) is 13.6. The second-order valence-corrected chi connectivity index (χ2v) is 8.38. The fraction of sp³-hybridized carbons (Fsp3) is 0.136. The molecule has 142 valence electrons. The second-order valence-electron chi connectivity index (χ2n) is 6.48. The van der Waals surface area contributed by atoms with Crippen molar-refractivity contribution in [2.45, 2.75) is 12.7 Å². The number of nitrogens with zero attached hydrogens (tertiary/aromatic N) is 1. The van der Waals surface area contributed by atoms with Gasteiger partial charge >= 0.3 is 7.60 Å². The number of fused-ring (bicyclic) bond motifs is 2. The monoisotopic (exact) mass is 392 g/mol. The van der Waals surface area contributed by atoms with Gasteiger partial charge in [-0.2, -0.15) is 0 Å². The third kappa shape index (κ3) is 3.52. The molecule has 28 heavy (non-hydrogen) atoms. The van der Waals surface area contributed by atoms with E-state index in [0.717, 1.165) is 27.1 Å². The predicted molar refractivity (Wildman–Crippen MR) is 114 cm³/mol. The molecular formula is C22H21N2O3P. The Morgan fingerprint density at radius 1 is 1.00 bits per heavy atom. The van der Waals surface area contributed by atoms with E-state index in [4.69, 9.17) is 4.52 Å². The predicted octanol–water partition coefficient (Wildman–Crippen LogP) is 5.72. The van der Waals surface area contributed by atoms with Gasteiger partial charge in [-0.05, 0) is 46.7 Å². The van der Waals surface area contributed by atoms with Crippen LogP contribution in [0.3, 0.4) is 0 Å². The van der Waals surface area contributed by atoms with Gasteiger partial charge in [0.15, 0.2) is 5.78 Å². The van der Waals surface area contributed by atoms with Gasteiger partial charge in [-0.25, -0.2) is 4.98 Å². The molecule has 2 N–H and O–H groups in total. The van der Waals surface area contributed by atoms with Gasteiger partial charge in [0.1, 0.15) is 5.82 Å². The molecule has 2 unspecified atom stereocenters. The van der Waals surface area contributed by atoms with Crippen LogP contribution in [0, 0.1) is 0 Å². The van der Waals surface area contributed by atoms with E-state index in [1.807, 2.05) is 54.6 Å². The average Bonchev–Trinajstić information content (AvgIpc) is 2.71. The quantitative estimate of drug-likeness (QED) is 0.324. The highest BCUT2D eigenvalue weighted by Crippen LogP contribution is 2.58. The Bertz CT molecular complexity index is 1110. The van der Waals surface area contributed by atoms with E-state index in [-0.39, 0.29) is 6.61 Å². The summed E-state index contributed by atoms with van der Waals surface area (Å²) in [5.41, 5.74) is 0.735. The lowest BCUT2D eigenvalue weighted by molar-refractivity contribution is 0.267. The van der Waals surface area contributed by atoms with Crippen LogP contribution in [0.1, 0.15) is 18.3 Å². The lowest BCUT2D eigenvalue weighted by atomic mass is 9.96. The Morgan fingerprint density at radius 2 is 1.61 bits per heavy atom. The van der Waals surface area contributed by atoms with Gasteiger partial charge in [0.2, 0.25) is 0 Å². The molecule has 5 nitrogen and oxygen atoms in total. The number of nitrogens with one attached hydrogen (secondary N) is 1. The van der Waals surface area contributed by atoms with Crippen molar-refractivity contribution in [3.63, 3.8) is 0 Å². The molecule has 0 spiro atoms. The van der Waals surface area contributed by atoms with Crippen LogP contribution in [-0.2, 0) is 9.09 Å². The maximum absolute atomic E-state index is 13.2. The zero-order chi connectivity index (χ0) is 19.6. The first-order valence-corrected chi connectivity index (χ1v) is 10.8. The standard InChI is InChI=1S/C22H21N2O3P/c1-2-27-28(25,26)22(24-20-13-7-8-14-23-20)21-18-11-5-3-9-16(18)15-17-10-4-6-12-19(17)21/h3-15,22H,2H2,1H3,(H,23,24)(H,25,26). The minimum absolute atomic E-state index is 0.136. The van der Waals surface area contributed by atoms with E-state index in [1.54, 1.807) is 25.3 Å². The Labute approximate surface area is 163 Å². The Balaban J connectivity index is 2.01. The lowest BCUT2D eigenvalue weighted by Crippen LogP contribution is -2.15. The third-order valence-electron chi connectivity index (χ3n) is 4.68. The number of aromatic nitrogens is 1. The zero-order valence-electron chi connectivity index (χ0n) is 15.4. The van der Waals surface area contributed by atoms with Gasteiger partial charge in [-0.3, -0.25) is 4.57 Å². The molecule has 4 rings (SSSR count). The van der Waals surface area contributed by atoms with Gasteiger partial charge in [0.05, 0.1) is 6.61 Å². The molecule has 0 aliphatic rings. The zero-order valence-corrected chi connectivity index (χ0v) is 16.3. The van der Waals surface area contributed by atoms with E-state index >= 15 is 0 Å². The summed E-state index contributed by atoms with van der Waals surface area (Å²) in [6, 6.07) is 23.2. The highest BCUT2D eigenvalue weighted by molar-refractivity contribution is 7.53. The molecule has 6 heteroatoms. The maximum Gasteiger partial charge on any atom is 0.354 e. The van der Waals surface area contributed by atoms with E-state index in [0.29, 0.717) is 5.82 Å². The molecule has 4 aromatic rings. The van der Waals surface area contributed by atoms with Crippen molar-refractivity contribution in [2.24, 2.45) is 0 Å². The van der Waals surface area contributed by atoms with Crippen LogP contribution in [0.15, 0.2) is 79.0 Å². The van der Waals surface area contributed by atoms with Crippen LogP contribution in [0.5, 0.6) is 0 Å². The number of benzene rings is 3. The summed E-state index contributed by atoms with van der Waals surface area (Å²) in [5, 5.41) is 6.97. The van der Waals surface area contributed by atoms with Crippen molar-refractivity contribution in [3.8, 4) is 0 Å². The SMILES string of the molecule is CCOP(=O)(O)C(Nc1ccccn1)c1c2ccccc2cc2ccccc12. The molecule has 0 aliphatic carbocycles. The minimum atomic E-state index is -4.05. The van der Waals surface area contributed by atoms with Crippen LogP contribution in [-0.4, -0.2) is 16.5 Å². The lowest BCUT2D eigenvalue weighted by Gasteiger charge is -2.26. The molecule has 0 saturated carbocycles. The molecule has 0 saturated heterocycles. The van der Waals surface area contributed by atoms with E-state index in [2.05, 4.69) is 16.4 Å². The van der Waals surface area contributed by atoms with E-state index in [9.17, 15) is 9.46 Å². The fourth-order valence-electron chi connectivity index (χ4n) is 3.51. The summed E-state index contributed by atoms with van der Waals surface area (Å²) < 4.78 is 18.6. The van der Waals surface area contributed by atoms with Crippen LogP contribution in [0.2, 0.25) is 0 Å². The van der Waals surface area contributed by atoms with Crippen molar-refractivity contribution in [2.75, 3.05) is 11.9 Å². The minimum Gasteiger partial charge on any atom is -0.353 e. The molecular weight excluding hydrogens is 371 g/mol. The molecule has 0 radical (unpaired) electrons. The van der Waals surface area contributed by atoms with Crippen LogP contribution in [0.25, 0.3) is 21.5 Å². The van der Waals surface area contributed by atoms with Crippen LogP contribution >= 0.6 is 7.60 Å². The molecule has 3 aromatic carbocycles. The van der Waals surface area contributed by atoms with Crippen molar-refractivity contribution in [1.82, 2.24) is 4.98 Å². The summed E-state index contributed by atoms with van der Waals surface area (Å²) >= 11 is 0. The number of rotatable bonds is 6. The molecule has 1 heterocycles. The van der Waals surface area contributed by atoms with Gasteiger partial charge in [0, 0.05) is 11.8 Å². The fourth-order valence-corrected chi connectivity index (χ4v) is 4.93. The highest BCUT2D eigenvalue weighted by Gasteiger charge is 2.36. The van der Waals surface area contributed by atoms with Crippen molar-refractivity contribution >= 4 is 35.0 Å². The van der Waals surface area contributed by atoms with Gasteiger partial charge < -0.3 is 14.7 Å². The molecule has 1 aromatic heterocycles. The van der Waals surface area contributed by atoms with Gasteiger partial charge in [-0.15, -0.1) is 0 Å². The number of hydrogen-bond donors (Lipinski definition) is 2. The second kappa shape index (κ2) is 7.72. The van der Waals surface area contributed by atoms with Crippen molar-refractivity contribution in [3.05, 3.63) is 84.6 Å². The Kier molecular flexibility index (Phi) is 5.14. The number of hydrogen-bond acceptors (Lipinski definition) is 4. The van der Waals surface area contributed by atoms with Crippen molar-refractivity contribution in [1.29, 1.82) is 0 Å². The smallest absolute Gasteiger partial charge is 0.353 e. The van der Waals surface area contributed by atoms with Crippen LogP contribution in [0.4, 0.5) is 5.82 Å². The highest BCUT2D eigenvalue weighted by atomic mass is 31.2. The summed E-state index contributed by atoms with van der Waals surface area (Å²) in [7, 11) is -4.05. The number of anilines is 1.